The SMILES string of the molecule is Cc1ccc2sc3c(C#N)c(C#N)c4sc5ccccc5sc4c3sc2c1. The van der Waals surface area contributed by atoms with Crippen LogP contribution in [0.3, 0.4) is 0 Å². The predicted octanol–water partition coefficient (Wildman–Crippen LogP) is 7.72. The van der Waals surface area contributed by atoms with Crippen molar-refractivity contribution < 1.29 is 0 Å². The Bertz CT molecular complexity index is 1510. The Morgan fingerprint density at radius 2 is 1.11 bits per heavy atom. The molecule has 0 radical (unpaired) electrons. The van der Waals surface area contributed by atoms with Gasteiger partial charge in [-0.15, -0.1) is 45.3 Å². The van der Waals surface area contributed by atoms with Gasteiger partial charge in [0.15, 0.2) is 0 Å². The van der Waals surface area contributed by atoms with Gasteiger partial charge in [-0.3, -0.25) is 0 Å². The van der Waals surface area contributed by atoms with Gasteiger partial charge in [0.1, 0.15) is 12.1 Å². The maximum atomic E-state index is 9.85. The van der Waals surface area contributed by atoms with Crippen molar-refractivity contribution in [3.05, 3.63) is 59.2 Å². The number of aryl methyl sites for hydroxylation is 1. The lowest BCUT2D eigenvalue weighted by atomic mass is 10.1. The molecule has 5 rings (SSSR count). The molecule has 128 valence electrons. The Morgan fingerprint density at radius 3 is 1.67 bits per heavy atom. The van der Waals surface area contributed by atoms with Crippen LogP contribution in [-0.2, 0) is 0 Å². The molecule has 0 spiro atoms. The number of rotatable bonds is 0. The average Bonchev–Trinajstić information content (AvgIpc) is 2.70. The second-order valence-corrected chi connectivity index (χ2v) is 10.3. The largest absolute Gasteiger partial charge is 0.192 e. The third-order valence-corrected chi connectivity index (χ3v) is 9.72. The van der Waals surface area contributed by atoms with Crippen LogP contribution in [0.25, 0.3) is 37.6 Å². The third-order valence-electron chi connectivity index (χ3n) is 4.34. The van der Waals surface area contributed by atoms with Gasteiger partial charge in [-0.25, -0.2) is 0 Å². The first-order valence-corrected chi connectivity index (χ1v) is 11.4. The Hall–Kier alpha value is -2.48. The van der Waals surface area contributed by atoms with Gasteiger partial charge in [0.25, 0.3) is 0 Å². The van der Waals surface area contributed by atoms with Crippen LogP contribution in [0, 0.1) is 29.6 Å². The summed E-state index contributed by atoms with van der Waals surface area (Å²) in [6, 6.07) is 19.3. The summed E-state index contributed by atoms with van der Waals surface area (Å²) in [6.07, 6.45) is 0. The van der Waals surface area contributed by atoms with E-state index in [1.807, 2.05) is 12.1 Å². The van der Waals surface area contributed by atoms with Gasteiger partial charge in [0.2, 0.25) is 0 Å². The van der Waals surface area contributed by atoms with Crippen LogP contribution in [0.15, 0.2) is 42.5 Å². The van der Waals surface area contributed by atoms with Crippen molar-refractivity contribution >= 4 is 82.9 Å². The van der Waals surface area contributed by atoms with Crippen molar-refractivity contribution in [2.75, 3.05) is 0 Å². The van der Waals surface area contributed by atoms with Gasteiger partial charge in [0.05, 0.1) is 29.9 Å². The number of benzene rings is 3. The highest BCUT2D eigenvalue weighted by Gasteiger charge is 2.18. The van der Waals surface area contributed by atoms with Gasteiger partial charge < -0.3 is 0 Å². The van der Waals surface area contributed by atoms with Crippen LogP contribution in [0.5, 0.6) is 0 Å². The van der Waals surface area contributed by atoms with Gasteiger partial charge in [-0.1, -0.05) is 18.2 Å². The second-order valence-electron chi connectivity index (χ2n) is 6.10. The fourth-order valence-electron chi connectivity index (χ4n) is 3.09. The zero-order valence-electron chi connectivity index (χ0n) is 14.1. The molecule has 5 aromatic rings. The molecule has 0 saturated heterocycles. The summed E-state index contributed by atoms with van der Waals surface area (Å²) in [7, 11) is 0. The van der Waals surface area contributed by atoms with Crippen LogP contribution < -0.4 is 0 Å². The molecule has 0 aliphatic rings. The lowest BCUT2D eigenvalue weighted by Gasteiger charge is -2.10. The first-order valence-electron chi connectivity index (χ1n) is 8.15. The molecule has 0 aliphatic carbocycles. The highest BCUT2D eigenvalue weighted by Crippen LogP contribution is 2.46. The fraction of sp³-hybridized carbons (Fsp3) is 0.0476. The summed E-state index contributed by atoms with van der Waals surface area (Å²) in [5, 5.41) is 19.7. The molecule has 2 nitrogen and oxygen atoms in total. The topological polar surface area (TPSA) is 47.6 Å². The molecule has 0 N–H and O–H groups in total. The molecule has 27 heavy (non-hydrogen) atoms. The minimum Gasteiger partial charge on any atom is -0.192 e. The molecule has 2 aromatic heterocycles. The van der Waals surface area contributed by atoms with E-state index in [9.17, 15) is 10.5 Å². The van der Waals surface area contributed by atoms with Crippen molar-refractivity contribution in [3.8, 4) is 12.1 Å². The molecule has 0 amide bonds. The zero-order chi connectivity index (χ0) is 18.5. The molecule has 0 atom stereocenters. The minimum absolute atomic E-state index is 0.502. The van der Waals surface area contributed by atoms with Gasteiger partial charge in [-0.2, -0.15) is 10.5 Å². The van der Waals surface area contributed by atoms with Crippen LogP contribution in [0.2, 0.25) is 0 Å². The molecule has 2 heterocycles. The van der Waals surface area contributed by atoms with E-state index in [1.54, 1.807) is 45.3 Å². The highest BCUT2D eigenvalue weighted by molar-refractivity contribution is 7.42. The second kappa shape index (κ2) is 6.30. The zero-order valence-corrected chi connectivity index (χ0v) is 17.3. The number of nitriles is 2. The van der Waals surface area contributed by atoms with Crippen molar-refractivity contribution in [1.29, 1.82) is 10.5 Å². The molecule has 6 heteroatoms. The third kappa shape index (κ3) is 2.54. The van der Waals surface area contributed by atoms with Crippen molar-refractivity contribution in [2.45, 2.75) is 6.92 Å². The van der Waals surface area contributed by atoms with E-state index in [2.05, 4.69) is 49.4 Å². The summed E-state index contributed by atoms with van der Waals surface area (Å²) in [4.78, 5) is 0. The van der Waals surface area contributed by atoms with Crippen LogP contribution in [-0.4, -0.2) is 0 Å². The Kier molecular flexibility index (Phi) is 3.89. The highest BCUT2D eigenvalue weighted by atomic mass is 32.1. The fourth-order valence-corrected chi connectivity index (χ4v) is 8.36. The van der Waals surface area contributed by atoms with E-state index in [4.69, 9.17) is 0 Å². The van der Waals surface area contributed by atoms with E-state index < -0.39 is 0 Å². The summed E-state index contributed by atoms with van der Waals surface area (Å²) >= 11 is 6.64. The summed E-state index contributed by atoms with van der Waals surface area (Å²) in [5.41, 5.74) is 2.23. The summed E-state index contributed by atoms with van der Waals surface area (Å²) < 4.78 is 8.75. The molecule has 0 bridgehead atoms. The van der Waals surface area contributed by atoms with E-state index >= 15 is 0 Å². The Labute approximate surface area is 171 Å². The van der Waals surface area contributed by atoms with E-state index in [0.29, 0.717) is 11.1 Å². The monoisotopic (exact) mass is 418 g/mol. The molecular formula is C21H10N2S4. The molecular weight excluding hydrogens is 409 g/mol. The maximum Gasteiger partial charge on any atom is 0.102 e. The lowest BCUT2D eigenvalue weighted by molar-refractivity contribution is 1.48. The molecule has 0 fully saturated rings. The van der Waals surface area contributed by atoms with E-state index in [-0.39, 0.29) is 0 Å². The smallest absolute Gasteiger partial charge is 0.102 e. The standard InChI is InChI=1S/C21H10N2S4/c1-11-6-7-16-17(8-11)27-21-19(25-16)13(10-23)12(9-22)18-20(21)26-15-5-3-2-4-14(15)24-18/h2-8H,1H3. The minimum atomic E-state index is 0.502. The van der Waals surface area contributed by atoms with Crippen LogP contribution in [0.1, 0.15) is 16.7 Å². The average molecular weight is 419 g/mol. The van der Waals surface area contributed by atoms with Crippen molar-refractivity contribution in [3.63, 3.8) is 0 Å². The number of hydrogen-bond donors (Lipinski definition) is 0. The number of nitrogens with zero attached hydrogens (tertiary/aromatic N) is 2. The van der Waals surface area contributed by atoms with Gasteiger partial charge in [0, 0.05) is 18.8 Å². The molecule has 3 aromatic carbocycles. The van der Waals surface area contributed by atoms with E-state index in [1.165, 1.54) is 15.0 Å². The number of fused-ring (bicyclic) bond motifs is 5. The first-order chi connectivity index (χ1) is 13.2. The first kappa shape index (κ1) is 16.7. The van der Waals surface area contributed by atoms with Crippen LogP contribution in [0.4, 0.5) is 0 Å². The Morgan fingerprint density at radius 1 is 0.630 bits per heavy atom. The lowest BCUT2D eigenvalue weighted by Crippen LogP contribution is -1.87. The van der Waals surface area contributed by atoms with Gasteiger partial charge in [-0.05, 0) is 36.8 Å². The van der Waals surface area contributed by atoms with E-state index in [0.717, 1.165) is 28.2 Å². The molecule has 0 unspecified atom stereocenters. The Balaban J connectivity index is 2.11. The van der Waals surface area contributed by atoms with Crippen LogP contribution >= 0.6 is 45.3 Å². The van der Waals surface area contributed by atoms with Crippen molar-refractivity contribution in [2.24, 2.45) is 0 Å². The van der Waals surface area contributed by atoms with Crippen molar-refractivity contribution in [1.82, 2.24) is 0 Å². The summed E-state index contributed by atoms with van der Waals surface area (Å²) in [6.45, 7) is 2.09. The maximum absolute atomic E-state index is 9.85. The normalized spacial score (nSPS) is 11.1. The van der Waals surface area contributed by atoms with Gasteiger partial charge >= 0.3 is 0 Å². The quantitative estimate of drug-likeness (QED) is 0.191. The molecule has 0 aliphatic heterocycles. The molecule has 0 saturated carbocycles. The number of hydrogen-bond acceptors (Lipinski definition) is 6. The summed E-state index contributed by atoms with van der Waals surface area (Å²) in [5.74, 6) is 0. The predicted molar refractivity (Wildman–Crippen MR) is 120 cm³/mol.